The van der Waals surface area contributed by atoms with Gasteiger partial charge >= 0.3 is 0 Å². The quantitative estimate of drug-likeness (QED) is 0.855. The Kier molecular flexibility index (Phi) is 4.01. The summed E-state index contributed by atoms with van der Waals surface area (Å²) in [5.74, 6) is 0.0453. The number of carbonyl (C=O) groups excluding carboxylic acids is 1. The first-order chi connectivity index (χ1) is 9.65. The van der Waals surface area contributed by atoms with Crippen LogP contribution in [-0.4, -0.2) is 20.5 Å². The molecule has 0 aromatic heterocycles. The van der Waals surface area contributed by atoms with Crippen LogP contribution in [0.15, 0.2) is 24.3 Å². The van der Waals surface area contributed by atoms with E-state index in [4.69, 9.17) is 0 Å². The van der Waals surface area contributed by atoms with Crippen molar-refractivity contribution < 1.29 is 13.4 Å². The molecule has 2 bridgehead atoms. The van der Waals surface area contributed by atoms with Crippen molar-refractivity contribution in [2.45, 2.75) is 49.0 Å². The molecule has 1 aromatic rings. The number of ketones is 1. The third-order valence-corrected chi connectivity index (χ3v) is 6.79. The zero-order valence-corrected chi connectivity index (χ0v) is 12.2. The van der Waals surface area contributed by atoms with Gasteiger partial charge in [0.2, 0.25) is 0 Å². The predicted octanol–water partition coefficient (Wildman–Crippen LogP) is 3.02. The minimum Gasteiger partial charge on any atom is -0.299 e. The molecule has 2 aliphatic rings. The fraction of sp³-hybridized carbons (Fsp3) is 0.562. The van der Waals surface area contributed by atoms with Crippen molar-refractivity contribution >= 4 is 16.6 Å². The van der Waals surface area contributed by atoms with E-state index in [0.29, 0.717) is 18.4 Å². The number of fused-ring (bicyclic) bond motifs is 2. The van der Waals surface area contributed by atoms with Crippen molar-refractivity contribution in [1.29, 1.82) is 0 Å². The molecule has 20 heavy (non-hydrogen) atoms. The average molecular weight is 294 g/mol. The van der Waals surface area contributed by atoms with E-state index in [0.717, 1.165) is 25.7 Å². The summed E-state index contributed by atoms with van der Waals surface area (Å²) in [7, 11) is -0.712. The summed E-state index contributed by atoms with van der Waals surface area (Å²) in [5, 5.41) is 0.465. The van der Waals surface area contributed by atoms with Crippen molar-refractivity contribution in [3.8, 4) is 0 Å². The second-order valence-corrected chi connectivity index (χ2v) is 7.87. The Morgan fingerprint density at radius 3 is 2.50 bits per heavy atom. The van der Waals surface area contributed by atoms with E-state index < -0.39 is 10.8 Å². The lowest BCUT2D eigenvalue weighted by Crippen LogP contribution is -2.32. The molecule has 2 saturated heterocycles. The number of halogens is 1. The van der Waals surface area contributed by atoms with Crippen molar-refractivity contribution in [3.63, 3.8) is 0 Å². The molecular weight excluding hydrogens is 275 g/mol. The van der Waals surface area contributed by atoms with E-state index in [1.807, 2.05) is 0 Å². The minimum atomic E-state index is -0.712. The van der Waals surface area contributed by atoms with Crippen LogP contribution in [0.1, 0.15) is 37.7 Å². The molecule has 0 saturated carbocycles. The van der Waals surface area contributed by atoms with Crippen LogP contribution in [0.2, 0.25) is 0 Å². The van der Waals surface area contributed by atoms with Gasteiger partial charge in [-0.25, -0.2) is 4.39 Å². The summed E-state index contributed by atoms with van der Waals surface area (Å²) < 4.78 is 25.4. The lowest BCUT2D eigenvalue weighted by Gasteiger charge is -2.26. The lowest BCUT2D eigenvalue weighted by atomic mass is 9.91. The van der Waals surface area contributed by atoms with Gasteiger partial charge in [0.05, 0.1) is 0 Å². The predicted molar refractivity (Wildman–Crippen MR) is 77.4 cm³/mol. The molecule has 0 radical (unpaired) electrons. The highest BCUT2D eigenvalue weighted by Crippen LogP contribution is 2.39. The maximum atomic E-state index is 13.5. The molecule has 0 N–H and O–H groups in total. The summed E-state index contributed by atoms with van der Waals surface area (Å²) in [6, 6.07) is 6.63. The molecule has 0 spiro atoms. The highest BCUT2D eigenvalue weighted by molar-refractivity contribution is 7.86. The molecule has 4 heteroatoms. The smallest absolute Gasteiger partial charge is 0.136 e. The maximum Gasteiger partial charge on any atom is 0.136 e. The zero-order valence-electron chi connectivity index (χ0n) is 11.4. The first kappa shape index (κ1) is 13.9. The average Bonchev–Trinajstić information content (AvgIpc) is 2.67. The van der Waals surface area contributed by atoms with E-state index in [1.54, 1.807) is 18.2 Å². The Bertz CT molecular complexity index is 527. The maximum absolute atomic E-state index is 13.5. The van der Waals surface area contributed by atoms with Crippen molar-refractivity contribution in [3.05, 3.63) is 35.6 Å². The summed E-state index contributed by atoms with van der Waals surface area (Å²) in [5.41, 5.74) is 0.614. The monoisotopic (exact) mass is 294 g/mol. The molecule has 108 valence electrons. The van der Waals surface area contributed by atoms with Gasteiger partial charge < -0.3 is 0 Å². The van der Waals surface area contributed by atoms with Crippen LogP contribution < -0.4 is 0 Å². The van der Waals surface area contributed by atoms with E-state index in [-0.39, 0.29) is 28.0 Å². The van der Waals surface area contributed by atoms with E-state index in [9.17, 15) is 13.4 Å². The van der Waals surface area contributed by atoms with Crippen molar-refractivity contribution in [1.82, 2.24) is 0 Å². The first-order valence-electron chi connectivity index (χ1n) is 7.30. The van der Waals surface area contributed by atoms with Gasteiger partial charge in [0.15, 0.2) is 0 Å². The second-order valence-electron chi connectivity index (χ2n) is 5.88. The zero-order chi connectivity index (χ0) is 14.1. The molecule has 0 aliphatic carbocycles. The SMILES string of the molecule is O=C(CCc1ccccc1F)C1CC2CCC(C1)S2=O. The Labute approximate surface area is 121 Å². The molecule has 2 atom stereocenters. The van der Waals surface area contributed by atoms with Crippen LogP contribution >= 0.6 is 0 Å². The molecule has 2 nitrogen and oxygen atoms in total. The second kappa shape index (κ2) is 5.76. The van der Waals surface area contributed by atoms with Crippen LogP contribution in [0.25, 0.3) is 0 Å². The summed E-state index contributed by atoms with van der Waals surface area (Å²) in [6.07, 6.45) is 4.44. The number of hydrogen-bond donors (Lipinski definition) is 0. The highest BCUT2D eigenvalue weighted by Gasteiger charge is 2.42. The van der Waals surface area contributed by atoms with Gasteiger partial charge in [-0.05, 0) is 43.7 Å². The van der Waals surface area contributed by atoms with Crippen LogP contribution in [0, 0.1) is 11.7 Å². The largest absolute Gasteiger partial charge is 0.299 e. The standard InChI is InChI=1S/C16H19FO2S/c17-15-4-2-1-3-11(15)5-8-16(18)12-9-13-6-7-14(10-12)20(13)19/h1-4,12-14H,5-10H2. The normalized spacial score (nSPS) is 32.2. The third kappa shape index (κ3) is 2.71. The fourth-order valence-electron chi connectivity index (χ4n) is 3.46. The molecular formula is C16H19FO2S. The van der Waals surface area contributed by atoms with E-state index >= 15 is 0 Å². The Morgan fingerprint density at radius 1 is 1.20 bits per heavy atom. The molecule has 2 heterocycles. The number of Topliss-reactive ketones (excluding diaryl/α,β-unsaturated/α-hetero) is 1. The summed E-state index contributed by atoms with van der Waals surface area (Å²) in [6.45, 7) is 0. The minimum absolute atomic E-state index is 0.0528. The highest BCUT2D eigenvalue weighted by atomic mass is 32.2. The van der Waals surface area contributed by atoms with Gasteiger partial charge in [-0.15, -0.1) is 0 Å². The first-order valence-corrected chi connectivity index (χ1v) is 8.58. The van der Waals surface area contributed by atoms with Crippen LogP contribution in [0.5, 0.6) is 0 Å². The summed E-state index contributed by atoms with van der Waals surface area (Å²) in [4.78, 5) is 12.3. The molecule has 2 fully saturated rings. The Balaban J connectivity index is 1.58. The fourth-order valence-corrected chi connectivity index (χ4v) is 5.58. The number of carbonyl (C=O) groups is 1. The topological polar surface area (TPSA) is 34.1 Å². The van der Waals surface area contributed by atoms with Gasteiger partial charge in [0.25, 0.3) is 0 Å². The van der Waals surface area contributed by atoms with Crippen molar-refractivity contribution in [2.24, 2.45) is 5.92 Å². The molecule has 0 amide bonds. The Morgan fingerprint density at radius 2 is 1.85 bits per heavy atom. The van der Waals surface area contributed by atoms with Crippen LogP contribution in [0.3, 0.4) is 0 Å². The van der Waals surface area contributed by atoms with E-state index in [1.165, 1.54) is 6.07 Å². The van der Waals surface area contributed by atoms with Gasteiger partial charge in [-0.2, -0.15) is 0 Å². The van der Waals surface area contributed by atoms with Gasteiger partial charge in [-0.1, -0.05) is 18.2 Å². The number of rotatable bonds is 4. The van der Waals surface area contributed by atoms with Crippen LogP contribution in [-0.2, 0) is 22.0 Å². The third-order valence-electron chi connectivity index (χ3n) is 4.62. The van der Waals surface area contributed by atoms with E-state index in [2.05, 4.69) is 0 Å². The number of hydrogen-bond acceptors (Lipinski definition) is 2. The van der Waals surface area contributed by atoms with Crippen molar-refractivity contribution in [2.75, 3.05) is 0 Å². The molecule has 1 aromatic carbocycles. The van der Waals surface area contributed by atoms with Gasteiger partial charge in [0.1, 0.15) is 11.6 Å². The number of aryl methyl sites for hydroxylation is 1. The molecule has 3 rings (SSSR count). The van der Waals surface area contributed by atoms with Gasteiger partial charge in [-0.3, -0.25) is 9.00 Å². The van der Waals surface area contributed by atoms with Gasteiger partial charge in [0, 0.05) is 33.6 Å². The Hall–Kier alpha value is -1.03. The summed E-state index contributed by atoms with van der Waals surface area (Å²) >= 11 is 0. The molecule has 2 unspecified atom stereocenters. The number of benzene rings is 1. The molecule has 2 aliphatic heterocycles. The lowest BCUT2D eigenvalue weighted by molar-refractivity contribution is -0.123. The van der Waals surface area contributed by atoms with Crippen LogP contribution in [0.4, 0.5) is 4.39 Å².